The van der Waals surface area contributed by atoms with Gasteiger partial charge in [0.15, 0.2) is 6.61 Å². The SMILES string of the molecule is C/C(=N\n1c(-c2ccc3c(c2)NC(=O)CO3)csc1=NC1CCCCC1)c1ccccc1F. The smallest absolute Gasteiger partial charge is 0.262 e. The summed E-state index contributed by atoms with van der Waals surface area (Å²) < 4.78 is 21.7. The van der Waals surface area contributed by atoms with Gasteiger partial charge in [-0.15, -0.1) is 11.3 Å². The Morgan fingerprint density at radius 1 is 1.18 bits per heavy atom. The molecule has 5 rings (SSSR count). The van der Waals surface area contributed by atoms with Crippen molar-refractivity contribution in [3.8, 4) is 17.0 Å². The molecule has 0 radical (unpaired) electrons. The quantitative estimate of drug-likeness (QED) is 0.540. The van der Waals surface area contributed by atoms with Gasteiger partial charge < -0.3 is 10.1 Å². The van der Waals surface area contributed by atoms with Gasteiger partial charge in [-0.05, 0) is 44.0 Å². The minimum Gasteiger partial charge on any atom is -0.482 e. The van der Waals surface area contributed by atoms with E-state index in [4.69, 9.17) is 14.8 Å². The van der Waals surface area contributed by atoms with Crippen LogP contribution in [0.5, 0.6) is 5.75 Å². The number of benzene rings is 2. The number of nitrogens with zero attached hydrogens (tertiary/aromatic N) is 3. The van der Waals surface area contributed by atoms with Gasteiger partial charge >= 0.3 is 0 Å². The third-order valence-electron chi connectivity index (χ3n) is 5.97. The highest BCUT2D eigenvalue weighted by Crippen LogP contribution is 2.33. The predicted octanol–water partition coefficient (Wildman–Crippen LogP) is 5.19. The van der Waals surface area contributed by atoms with Crippen molar-refractivity contribution < 1.29 is 13.9 Å². The van der Waals surface area contributed by atoms with Crippen LogP contribution in [0.2, 0.25) is 0 Å². The molecular formula is C25H25FN4O2S. The average Bonchev–Trinajstić information content (AvgIpc) is 3.21. The van der Waals surface area contributed by atoms with Gasteiger partial charge in [0, 0.05) is 16.5 Å². The maximum Gasteiger partial charge on any atom is 0.262 e. The number of fused-ring (bicyclic) bond motifs is 1. The van der Waals surface area contributed by atoms with E-state index < -0.39 is 0 Å². The van der Waals surface area contributed by atoms with Crippen LogP contribution in [0, 0.1) is 5.82 Å². The van der Waals surface area contributed by atoms with Gasteiger partial charge in [-0.1, -0.05) is 37.5 Å². The molecule has 6 nitrogen and oxygen atoms in total. The number of aromatic nitrogens is 1. The van der Waals surface area contributed by atoms with Crippen LogP contribution in [0.25, 0.3) is 11.3 Å². The molecule has 1 N–H and O–H groups in total. The van der Waals surface area contributed by atoms with E-state index in [1.807, 2.05) is 23.6 Å². The molecule has 0 atom stereocenters. The van der Waals surface area contributed by atoms with Crippen molar-refractivity contribution in [3.05, 3.63) is 64.0 Å². The van der Waals surface area contributed by atoms with E-state index in [0.29, 0.717) is 22.7 Å². The molecule has 170 valence electrons. The van der Waals surface area contributed by atoms with Gasteiger partial charge in [0.2, 0.25) is 4.80 Å². The highest BCUT2D eigenvalue weighted by Gasteiger charge is 2.19. The number of ether oxygens (including phenoxy) is 1. The summed E-state index contributed by atoms with van der Waals surface area (Å²) in [7, 11) is 0. The summed E-state index contributed by atoms with van der Waals surface area (Å²) in [4.78, 5) is 17.6. The third kappa shape index (κ3) is 4.61. The maximum absolute atomic E-state index is 14.4. The molecule has 0 unspecified atom stereocenters. The molecule has 1 aliphatic heterocycles. The van der Waals surface area contributed by atoms with Crippen molar-refractivity contribution in [2.45, 2.75) is 45.1 Å². The van der Waals surface area contributed by atoms with Crippen LogP contribution in [0.1, 0.15) is 44.6 Å². The van der Waals surface area contributed by atoms with Crippen LogP contribution in [0.3, 0.4) is 0 Å². The van der Waals surface area contributed by atoms with Crippen molar-refractivity contribution in [1.82, 2.24) is 4.68 Å². The number of thiazole rings is 1. The zero-order valence-electron chi connectivity index (χ0n) is 18.4. The van der Waals surface area contributed by atoms with Gasteiger partial charge in [-0.3, -0.25) is 9.79 Å². The van der Waals surface area contributed by atoms with Gasteiger partial charge in [0.05, 0.1) is 23.1 Å². The summed E-state index contributed by atoms with van der Waals surface area (Å²) in [6, 6.07) is 12.6. The minimum absolute atomic E-state index is 0.0152. The molecule has 8 heteroatoms. The topological polar surface area (TPSA) is 68.0 Å². The number of rotatable bonds is 4. The third-order valence-corrected chi connectivity index (χ3v) is 6.81. The fraction of sp³-hybridized carbons (Fsp3) is 0.320. The summed E-state index contributed by atoms with van der Waals surface area (Å²) in [6.07, 6.45) is 5.79. The molecule has 1 fully saturated rings. The average molecular weight is 465 g/mol. The fourth-order valence-electron chi connectivity index (χ4n) is 4.25. The van der Waals surface area contributed by atoms with Crippen LogP contribution in [-0.2, 0) is 4.79 Å². The monoisotopic (exact) mass is 464 g/mol. The molecule has 2 aliphatic rings. The van der Waals surface area contributed by atoms with Crippen LogP contribution in [0.15, 0.2) is 57.9 Å². The molecule has 2 heterocycles. The van der Waals surface area contributed by atoms with Gasteiger partial charge in [-0.2, -0.15) is 5.10 Å². The summed E-state index contributed by atoms with van der Waals surface area (Å²) >= 11 is 1.52. The maximum atomic E-state index is 14.4. The van der Waals surface area contributed by atoms with Gasteiger partial charge in [0.1, 0.15) is 11.6 Å². The number of carbonyl (C=O) groups excluding carboxylic acids is 1. The Morgan fingerprint density at radius 3 is 2.82 bits per heavy atom. The number of hydrogen-bond donors (Lipinski definition) is 1. The lowest BCUT2D eigenvalue weighted by Gasteiger charge is -2.19. The second-order valence-corrected chi connectivity index (χ2v) is 9.19. The highest BCUT2D eigenvalue weighted by atomic mass is 32.1. The second kappa shape index (κ2) is 9.31. The Labute approximate surface area is 195 Å². The number of anilines is 1. The Kier molecular flexibility index (Phi) is 6.09. The molecule has 33 heavy (non-hydrogen) atoms. The summed E-state index contributed by atoms with van der Waals surface area (Å²) in [5.41, 5.74) is 3.34. The normalized spacial score (nSPS) is 17.5. The fourth-order valence-corrected chi connectivity index (χ4v) is 5.15. The zero-order valence-corrected chi connectivity index (χ0v) is 19.2. The van der Waals surface area contributed by atoms with E-state index >= 15 is 0 Å². The first-order valence-corrected chi connectivity index (χ1v) is 12.1. The number of halogens is 1. The van der Waals surface area contributed by atoms with E-state index in [9.17, 15) is 9.18 Å². The molecule has 0 bridgehead atoms. The van der Waals surface area contributed by atoms with E-state index in [0.717, 1.165) is 28.9 Å². The number of nitrogens with one attached hydrogen (secondary N) is 1. The molecule has 3 aromatic rings. The van der Waals surface area contributed by atoms with Crippen LogP contribution in [0.4, 0.5) is 10.1 Å². The largest absolute Gasteiger partial charge is 0.482 e. The second-order valence-electron chi connectivity index (χ2n) is 8.35. The molecule has 2 aromatic carbocycles. The molecule has 1 saturated carbocycles. The summed E-state index contributed by atoms with van der Waals surface area (Å²) in [5.74, 6) is 0.146. The molecule has 0 saturated heterocycles. The summed E-state index contributed by atoms with van der Waals surface area (Å²) in [6.45, 7) is 1.82. The molecule has 1 aliphatic carbocycles. The minimum atomic E-state index is -0.310. The van der Waals surface area contributed by atoms with Crippen molar-refractivity contribution in [2.75, 3.05) is 11.9 Å². The molecule has 1 aromatic heterocycles. The molecule has 0 spiro atoms. The van der Waals surface area contributed by atoms with Gasteiger partial charge in [0.25, 0.3) is 5.91 Å². The van der Waals surface area contributed by atoms with Crippen molar-refractivity contribution in [1.29, 1.82) is 0 Å². The predicted molar refractivity (Wildman–Crippen MR) is 128 cm³/mol. The first-order chi connectivity index (χ1) is 16.1. The number of carbonyl (C=O) groups is 1. The Bertz CT molecular complexity index is 1290. The lowest BCUT2D eigenvalue weighted by atomic mass is 9.96. The first-order valence-electron chi connectivity index (χ1n) is 11.2. The Balaban J connectivity index is 1.62. The number of amides is 1. The van der Waals surface area contributed by atoms with Crippen molar-refractivity contribution in [2.24, 2.45) is 10.1 Å². The summed E-state index contributed by atoms with van der Waals surface area (Å²) in [5, 5.41) is 9.67. The Hall–Kier alpha value is -3.26. The standard InChI is InChI=1S/C25H25FN4O2S/c1-16(19-9-5-6-10-20(19)26)29-30-22(15-33-25(30)27-18-7-3-2-4-8-18)17-11-12-23-21(13-17)28-24(31)14-32-23/h5-6,9-13,15,18H,2-4,7-8,14H2,1H3,(H,28,31)/b27-25?,29-16+. The Morgan fingerprint density at radius 2 is 2.00 bits per heavy atom. The van der Waals surface area contributed by atoms with Crippen molar-refractivity contribution in [3.63, 3.8) is 0 Å². The number of hydrogen-bond acceptors (Lipinski definition) is 5. The lowest BCUT2D eigenvalue weighted by Crippen LogP contribution is -2.25. The van der Waals surface area contributed by atoms with Gasteiger partial charge in [-0.25, -0.2) is 9.07 Å². The van der Waals surface area contributed by atoms with Crippen LogP contribution >= 0.6 is 11.3 Å². The van der Waals surface area contributed by atoms with Crippen molar-refractivity contribution >= 4 is 28.6 Å². The lowest BCUT2D eigenvalue weighted by molar-refractivity contribution is -0.118. The van der Waals surface area contributed by atoms with Crippen LogP contribution in [-0.4, -0.2) is 28.9 Å². The molecule has 1 amide bonds. The zero-order chi connectivity index (χ0) is 22.8. The van der Waals surface area contributed by atoms with E-state index in [1.54, 1.807) is 29.8 Å². The first kappa shape index (κ1) is 21.6. The highest BCUT2D eigenvalue weighted by molar-refractivity contribution is 7.07. The van der Waals surface area contributed by atoms with E-state index in [2.05, 4.69) is 5.32 Å². The van der Waals surface area contributed by atoms with E-state index in [-0.39, 0.29) is 24.4 Å². The van der Waals surface area contributed by atoms with E-state index in [1.165, 1.54) is 36.7 Å². The molecular weight excluding hydrogens is 439 g/mol. The van der Waals surface area contributed by atoms with Crippen LogP contribution < -0.4 is 14.9 Å².